The van der Waals surface area contributed by atoms with Gasteiger partial charge >= 0.3 is 5.97 Å². The van der Waals surface area contributed by atoms with E-state index in [2.05, 4.69) is 15.4 Å². The molecule has 0 aromatic carbocycles. The van der Waals surface area contributed by atoms with Crippen LogP contribution < -0.4 is 10.6 Å². The van der Waals surface area contributed by atoms with Gasteiger partial charge < -0.3 is 19.8 Å². The second-order valence-electron chi connectivity index (χ2n) is 5.15. The van der Waals surface area contributed by atoms with E-state index >= 15 is 0 Å². The van der Waals surface area contributed by atoms with E-state index in [4.69, 9.17) is 4.42 Å². The summed E-state index contributed by atoms with van der Waals surface area (Å²) in [5.74, 6) is 0.178. The molecule has 0 spiro atoms. The van der Waals surface area contributed by atoms with Crippen LogP contribution in [0.25, 0.3) is 6.08 Å². The number of nitrogens with one attached hydrogen (secondary N) is 2. The monoisotopic (exact) mass is 322 g/mol. The third kappa shape index (κ3) is 7.85. The normalized spacial score (nSPS) is 10.8. The van der Waals surface area contributed by atoms with E-state index in [1.165, 1.54) is 19.3 Å². The van der Waals surface area contributed by atoms with Crippen molar-refractivity contribution < 1.29 is 23.5 Å². The van der Waals surface area contributed by atoms with Crippen molar-refractivity contribution in [1.82, 2.24) is 10.6 Å². The van der Waals surface area contributed by atoms with Crippen LogP contribution in [0.1, 0.15) is 31.8 Å². The molecule has 0 atom stereocenters. The van der Waals surface area contributed by atoms with Crippen molar-refractivity contribution in [1.29, 1.82) is 0 Å². The standard InChI is InChI=1S/C16H22N2O5/c1-11(2)18-15(20)10-17-14(19)8-6-12-4-5-13(23-12)7-9-16(21)22-3/h4-6,8,11H,7,9-10H2,1-3H3,(H,17,19)(H,18,20)/b8-6+. The fourth-order valence-electron chi connectivity index (χ4n) is 1.70. The maximum atomic E-state index is 11.6. The number of hydrogen-bond acceptors (Lipinski definition) is 5. The Bertz CT molecular complexity index is 575. The maximum absolute atomic E-state index is 11.6. The summed E-state index contributed by atoms with van der Waals surface area (Å²) >= 11 is 0. The fourth-order valence-corrected chi connectivity index (χ4v) is 1.70. The van der Waals surface area contributed by atoms with Crippen molar-refractivity contribution in [2.24, 2.45) is 0 Å². The van der Waals surface area contributed by atoms with Crippen LogP contribution in [0, 0.1) is 0 Å². The van der Waals surface area contributed by atoms with Crippen molar-refractivity contribution in [3.63, 3.8) is 0 Å². The van der Waals surface area contributed by atoms with Gasteiger partial charge in [0.2, 0.25) is 11.8 Å². The largest absolute Gasteiger partial charge is 0.469 e. The molecule has 0 unspecified atom stereocenters. The molecule has 0 radical (unpaired) electrons. The zero-order chi connectivity index (χ0) is 17.2. The molecule has 0 aliphatic rings. The molecular formula is C16H22N2O5. The van der Waals surface area contributed by atoms with Gasteiger partial charge in [-0.3, -0.25) is 14.4 Å². The molecule has 7 heteroatoms. The minimum atomic E-state index is -0.392. The van der Waals surface area contributed by atoms with Gasteiger partial charge in [0, 0.05) is 18.5 Å². The first kappa shape index (κ1) is 18.5. The molecule has 1 heterocycles. The molecule has 2 N–H and O–H groups in total. The molecule has 1 aromatic heterocycles. The van der Waals surface area contributed by atoms with Crippen LogP contribution in [0.15, 0.2) is 22.6 Å². The van der Waals surface area contributed by atoms with Crippen molar-refractivity contribution in [3.8, 4) is 0 Å². The minimum absolute atomic E-state index is 0.0291. The van der Waals surface area contributed by atoms with E-state index < -0.39 is 5.91 Å². The third-order valence-electron chi connectivity index (χ3n) is 2.76. The smallest absolute Gasteiger partial charge is 0.305 e. The second-order valence-corrected chi connectivity index (χ2v) is 5.15. The number of amides is 2. The lowest BCUT2D eigenvalue weighted by molar-refractivity contribution is -0.140. The Morgan fingerprint density at radius 1 is 1.30 bits per heavy atom. The zero-order valence-corrected chi connectivity index (χ0v) is 13.5. The molecule has 0 saturated carbocycles. The third-order valence-corrected chi connectivity index (χ3v) is 2.76. The molecule has 2 amide bonds. The van der Waals surface area contributed by atoms with Crippen molar-refractivity contribution in [3.05, 3.63) is 29.7 Å². The molecule has 7 nitrogen and oxygen atoms in total. The topological polar surface area (TPSA) is 97.6 Å². The Labute approximate surface area is 135 Å². The Morgan fingerprint density at radius 3 is 2.70 bits per heavy atom. The summed E-state index contributed by atoms with van der Waals surface area (Å²) in [5, 5.41) is 5.14. The van der Waals surface area contributed by atoms with E-state index in [1.807, 2.05) is 13.8 Å². The number of hydrogen-bond donors (Lipinski definition) is 2. The highest BCUT2D eigenvalue weighted by Crippen LogP contribution is 2.11. The molecule has 0 fully saturated rings. The average molecular weight is 322 g/mol. The molecule has 23 heavy (non-hydrogen) atoms. The number of rotatable bonds is 8. The van der Waals surface area contributed by atoms with Crippen LogP contribution in [0.2, 0.25) is 0 Å². The summed E-state index contributed by atoms with van der Waals surface area (Å²) in [6.45, 7) is 3.60. The first-order valence-corrected chi connectivity index (χ1v) is 7.31. The first-order valence-electron chi connectivity index (χ1n) is 7.31. The highest BCUT2D eigenvalue weighted by atomic mass is 16.5. The predicted molar refractivity (Wildman–Crippen MR) is 84.4 cm³/mol. The van der Waals surface area contributed by atoms with Crippen LogP contribution in [0.5, 0.6) is 0 Å². The number of carbonyl (C=O) groups is 3. The van der Waals surface area contributed by atoms with E-state index in [0.29, 0.717) is 17.9 Å². The number of esters is 1. The molecular weight excluding hydrogens is 300 g/mol. The van der Waals surface area contributed by atoms with E-state index in [0.717, 1.165) is 0 Å². The van der Waals surface area contributed by atoms with Gasteiger partial charge in [-0.25, -0.2) is 0 Å². The number of ether oxygens (including phenoxy) is 1. The van der Waals surface area contributed by atoms with Gasteiger partial charge in [0.1, 0.15) is 11.5 Å². The number of methoxy groups -OCH3 is 1. The number of furan rings is 1. The first-order chi connectivity index (χ1) is 10.9. The van der Waals surface area contributed by atoms with Gasteiger partial charge in [-0.05, 0) is 32.1 Å². The van der Waals surface area contributed by atoms with Crippen LogP contribution in [-0.4, -0.2) is 37.5 Å². The number of carbonyl (C=O) groups excluding carboxylic acids is 3. The van der Waals surface area contributed by atoms with Gasteiger partial charge in [0.05, 0.1) is 20.1 Å². The second kappa shape index (κ2) is 9.45. The Balaban J connectivity index is 2.39. The van der Waals surface area contributed by atoms with Crippen LogP contribution >= 0.6 is 0 Å². The SMILES string of the molecule is COC(=O)CCc1ccc(/C=C/C(=O)NCC(=O)NC(C)C)o1. The lowest BCUT2D eigenvalue weighted by atomic mass is 10.2. The summed E-state index contributed by atoms with van der Waals surface area (Å²) in [7, 11) is 1.33. The summed E-state index contributed by atoms with van der Waals surface area (Å²) in [6.07, 6.45) is 3.45. The zero-order valence-electron chi connectivity index (χ0n) is 13.5. The van der Waals surface area contributed by atoms with Crippen molar-refractivity contribution >= 4 is 23.9 Å². The summed E-state index contributed by atoms with van der Waals surface area (Å²) in [4.78, 5) is 34.0. The highest BCUT2D eigenvalue weighted by Gasteiger charge is 2.06. The molecule has 0 bridgehead atoms. The molecule has 1 rings (SSSR count). The molecule has 0 saturated heterocycles. The maximum Gasteiger partial charge on any atom is 0.305 e. The molecule has 0 aliphatic carbocycles. The number of aryl methyl sites for hydroxylation is 1. The van der Waals surface area contributed by atoms with Crippen LogP contribution in [0.3, 0.4) is 0 Å². The summed E-state index contributed by atoms with van der Waals surface area (Å²) in [5.41, 5.74) is 0. The van der Waals surface area contributed by atoms with Gasteiger partial charge in [-0.2, -0.15) is 0 Å². The minimum Gasteiger partial charge on any atom is -0.469 e. The van der Waals surface area contributed by atoms with Crippen molar-refractivity contribution in [2.75, 3.05) is 13.7 Å². The van der Waals surface area contributed by atoms with Crippen LogP contribution in [0.4, 0.5) is 0 Å². The van der Waals surface area contributed by atoms with E-state index in [9.17, 15) is 14.4 Å². The molecule has 0 aliphatic heterocycles. The summed E-state index contributed by atoms with van der Waals surface area (Å²) in [6, 6.07) is 3.46. The molecule has 126 valence electrons. The molecule has 1 aromatic rings. The fraction of sp³-hybridized carbons (Fsp3) is 0.438. The highest BCUT2D eigenvalue weighted by molar-refractivity contribution is 5.94. The van der Waals surface area contributed by atoms with E-state index in [-0.39, 0.29) is 30.9 Å². The predicted octanol–water partition coefficient (Wildman–Crippen LogP) is 1.04. The Kier molecular flexibility index (Phi) is 7.59. The van der Waals surface area contributed by atoms with Crippen molar-refractivity contribution in [2.45, 2.75) is 32.7 Å². The Hall–Kier alpha value is -2.57. The van der Waals surface area contributed by atoms with E-state index in [1.54, 1.807) is 12.1 Å². The average Bonchev–Trinajstić information content (AvgIpc) is 2.95. The Morgan fingerprint density at radius 2 is 2.04 bits per heavy atom. The quantitative estimate of drug-likeness (QED) is 0.550. The van der Waals surface area contributed by atoms with Gasteiger partial charge in [0.25, 0.3) is 0 Å². The van der Waals surface area contributed by atoms with Gasteiger partial charge in [-0.1, -0.05) is 0 Å². The van der Waals surface area contributed by atoms with Gasteiger partial charge in [0.15, 0.2) is 0 Å². The summed E-state index contributed by atoms with van der Waals surface area (Å²) < 4.78 is 10.0. The lowest BCUT2D eigenvalue weighted by Gasteiger charge is -2.07. The van der Waals surface area contributed by atoms with Gasteiger partial charge in [-0.15, -0.1) is 0 Å². The lowest BCUT2D eigenvalue weighted by Crippen LogP contribution is -2.39. The van der Waals surface area contributed by atoms with Crippen LogP contribution in [-0.2, 0) is 25.5 Å².